The lowest BCUT2D eigenvalue weighted by molar-refractivity contribution is 0.751. The van der Waals surface area contributed by atoms with Crippen molar-refractivity contribution in [1.82, 2.24) is 14.6 Å². The number of hydrogen-bond acceptors (Lipinski definition) is 4. The van der Waals surface area contributed by atoms with Gasteiger partial charge in [0.1, 0.15) is 0 Å². The molecule has 0 radical (unpaired) electrons. The van der Waals surface area contributed by atoms with Crippen molar-refractivity contribution >= 4 is 38.9 Å². The predicted octanol–water partition coefficient (Wildman–Crippen LogP) is 4.12. The normalized spacial score (nSPS) is 12.7. The first-order valence-corrected chi connectivity index (χ1v) is 7.76. The Kier molecular flexibility index (Phi) is 3.52. The maximum absolute atomic E-state index is 4.51. The lowest BCUT2D eigenvalue weighted by atomic mass is 10.2. The summed E-state index contributed by atoms with van der Waals surface area (Å²) in [5.74, 6) is 0.659. The molecular formula is C13H13BrN4S. The van der Waals surface area contributed by atoms with Crippen LogP contribution >= 0.6 is 27.3 Å². The Bertz CT molecular complexity index is 677. The van der Waals surface area contributed by atoms with E-state index in [9.17, 15) is 0 Å². The van der Waals surface area contributed by atoms with Gasteiger partial charge in [0.2, 0.25) is 5.95 Å². The van der Waals surface area contributed by atoms with Gasteiger partial charge in [0.25, 0.3) is 0 Å². The zero-order chi connectivity index (χ0) is 13.2. The number of hydrogen-bond donors (Lipinski definition) is 1. The zero-order valence-corrected chi connectivity index (χ0v) is 12.8. The summed E-state index contributed by atoms with van der Waals surface area (Å²) in [4.78, 5) is 5.81. The topological polar surface area (TPSA) is 42.2 Å². The Morgan fingerprint density at radius 2 is 2.32 bits per heavy atom. The lowest BCUT2D eigenvalue weighted by Crippen LogP contribution is -2.09. The fourth-order valence-electron chi connectivity index (χ4n) is 1.95. The molecule has 0 bridgehead atoms. The third-order valence-electron chi connectivity index (χ3n) is 2.91. The molecule has 0 spiro atoms. The number of rotatable bonds is 4. The summed E-state index contributed by atoms with van der Waals surface area (Å²) in [5, 5.41) is 9.93. The van der Waals surface area contributed by atoms with Crippen molar-refractivity contribution < 1.29 is 0 Å². The van der Waals surface area contributed by atoms with Gasteiger partial charge in [0.05, 0.1) is 10.5 Å². The van der Waals surface area contributed by atoms with Crippen LogP contribution in [-0.2, 0) is 0 Å². The third-order valence-corrected chi connectivity index (χ3v) is 4.52. The van der Waals surface area contributed by atoms with Gasteiger partial charge in [0, 0.05) is 11.1 Å². The number of nitrogens with one attached hydrogen (secondary N) is 1. The highest BCUT2D eigenvalue weighted by Gasteiger charge is 2.13. The smallest absolute Gasteiger partial charge is 0.243 e. The van der Waals surface area contributed by atoms with Crippen LogP contribution in [0.15, 0.2) is 40.3 Å². The molecule has 0 aliphatic rings. The second-order valence-corrected chi connectivity index (χ2v) is 6.01. The Balaban J connectivity index is 1.90. The first-order chi connectivity index (χ1) is 9.28. The molecule has 0 saturated carbocycles. The third kappa shape index (κ3) is 2.50. The molecule has 3 rings (SSSR count). The molecule has 1 unspecified atom stereocenters. The number of fused-ring (bicyclic) bond motifs is 1. The standard InChI is InChI=1S/C13H13BrN4S/c1-2-10(11-6-4-8-19-11)15-13-16-12-9(14)5-3-7-18(12)17-13/h3-8,10H,2H2,1H3,(H,15,17). The van der Waals surface area contributed by atoms with Crippen molar-refractivity contribution in [3.05, 3.63) is 45.2 Å². The maximum Gasteiger partial charge on any atom is 0.243 e. The van der Waals surface area contributed by atoms with Crippen molar-refractivity contribution in [2.24, 2.45) is 0 Å². The van der Waals surface area contributed by atoms with Crippen LogP contribution in [0.5, 0.6) is 0 Å². The number of nitrogens with zero attached hydrogens (tertiary/aromatic N) is 3. The molecule has 0 saturated heterocycles. The molecule has 98 valence electrons. The van der Waals surface area contributed by atoms with E-state index in [2.05, 4.69) is 55.8 Å². The SMILES string of the molecule is CCC(Nc1nc2c(Br)cccn2n1)c1cccs1. The molecule has 0 amide bonds. The Hall–Kier alpha value is -1.40. The summed E-state index contributed by atoms with van der Waals surface area (Å²) in [7, 11) is 0. The second-order valence-electron chi connectivity index (χ2n) is 4.18. The first kappa shape index (κ1) is 12.6. The van der Waals surface area contributed by atoms with Crippen molar-refractivity contribution in [2.45, 2.75) is 19.4 Å². The zero-order valence-electron chi connectivity index (χ0n) is 10.4. The van der Waals surface area contributed by atoms with Crippen LogP contribution < -0.4 is 5.32 Å². The second kappa shape index (κ2) is 5.30. The molecule has 0 fully saturated rings. The van der Waals surface area contributed by atoms with Crippen LogP contribution in [0, 0.1) is 0 Å². The molecule has 0 aromatic carbocycles. The highest BCUT2D eigenvalue weighted by Crippen LogP contribution is 2.25. The molecule has 4 nitrogen and oxygen atoms in total. The maximum atomic E-state index is 4.51. The molecule has 6 heteroatoms. The fourth-order valence-corrected chi connectivity index (χ4v) is 3.24. The molecule has 3 aromatic heterocycles. The van der Waals surface area contributed by atoms with Gasteiger partial charge in [-0.15, -0.1) is 16.4 Å². The van der Waals surface area contributed by atoms with Crippen LogP contribution in [0.1, 0.15) is 24.3 Å². The minimum absolute atomic E-state index is 0.260. The summed E-state index contributed by atoms with van der Waals surface area (Å²) in [5.41, 5.74) is 0.825. The highest BCUT2D eigenvalue weighted by atomic mass is 79.9. The van der Waals surface area contributed by atoms with Crippen molar-refractivity contribution in [2.75, 3.05) is 5.32 Å². The molecule has 0 aliphatic heterocycles. The van der Waals surface area contributed by atoms with Crippen LogP contribution in [-0.4, -0.2) is 14.6 Å². The molecule has 19 heavy (non-hydrogen) atoms. The molecule has 3 heterocycles. The molecule has 0 aliphatic carbocycles. The fraction of sp³-hybridized carbons (Fsp3) is 0.231. The average Bonchev–Trinajstić information content (AvgIpc) is 3.05. The van der Waals surface area contributed by atoms with E-state index in [4.69, 9.17) is 0 Å². The van der Waals surface area contributed by atoms with E-state index in [1.807, 2.05) is 18.3 Å². The summed E-state index contributed by atoms with van der Waals surface area (Å²) in [6, 6.07) is 8.36. The Labute approximate surface area is 123 Å². The summed E-state index contributed by atoms with van der Waals surface area (Å²) in [6.45, 7) is 2.16. The number of aromatic nitrogens is 3. The van der Waals surface area contributed by atoms with Gasteiger partial charge in [0.15, 0.2) is 5.65 Å². The van der Waals surface area contributed by atoms with E-state index in [1.165, 1.54) is 4.88 Å². The summed E-state index contributed by atoms with van der Waals surface area (Å²) < 4.78 is 2.72. The Morgan fingerprint density at radius 3 is 3.00 bits per heavy atom. The van der Waals surface area contributed by atoms with Gasteiger partial charge in [-0.2, -0.15) is 4.98 Å². The predicted molar refractivity (Wildman–Crippen MR) is 81.7 cm³/mol. The average molecular weight is 337 g/mol. The van der Waals surface area contributed by atoms with Gasteiger partial charge < -0.3 is 5.32 Å². The number of pyridine rings is 1. The van der Waals surface area contributed by atoms with E-state index in [0.29, 0.717) is 5.95 Å². The van der Waals surface area contributed by atoms with Gasteiger partial charge >= 0.3 is 0 Å². The van der Waals surface area contributed by atoms with Crippen LogP contribution in [0.3, 0.4) is 0 Å². The number of halogens is 1. The van der Waals surface area contributed by atoms with E-state index < -0.39 is 0 Å². The van der Waals surface area contributed by atoms with Crippen LogP contribution in [0.25, 0.3) is 5.65 Å². The largest absolute Gasteiger partial charge is 0.345 e. The Morgan fingerprint density at radius 1 is 1.42 bits per heavy atom. The minimum atomic E-state index is 0.260. The van der Waals surface area contributed by atoms with Crippen molar-refractivity contribution in [3.8, 4) is 0 Å². The van der Waals surface area contributed by atoms with Gasteiger partial charge in [-0.1, -0.05) is 13.0 Å². The summed E-state index contributed by atoms with van der Waals surface area (Å²) >= 11 is 5.23. The number of anilines is 1. The van der Waals surface area contributed by atoms with Crippen molar-refractivity contribution in [1.29, 1.82) is 0 Å². The first-order valence-electron chi connectivity index (χ1n) is 6.08. The minimum Gasteiger partial charge on any atom is -0.345 e. The quantitative estimate of drug-likeness (QED) is 0.779. The van der Waals surface area contributed by atoms with Gasteiger partial charge in [-0.3, -0.25) is 0 Å². The van der Waals surface area contributed by atoms with E-state index in [-0.39, 0.29) is 6.04 Å². The molecule has 3 aromatic rings. The molecule has 1 N–H and O–H groups in total. The van der Waals surface area contributed by atoms with Crippen LogP contribution in [0.2, 0.25) is 0 Å². The van der Waals surface area contributed by atoms with E-state index in [1.54, 1.807) is 15.9 Å². The molecular weight excluding hydrogens is 324 g/mol. The van der Waals surface area contributed by atoms with Crippen molar-refractivity contribution in [3.63, 3.8) is 0 Å². The molecule has 1 atom stereocenters. The lowest BCUT2D eigenvalue weighted by Gasteiger charge is -2.13. The van der Waals surface area contributed by atoms with Gasteiger partial charge in [-0.05, 0) is 45.9 Å². The number of thiophene rings is 1. The van der Waals surface area contributed by atoms with E-state index >= 15 is 0 Å². The highest BCUT2D eigenvalue weighted by molar-refractivity contribution is 9.10. The van der Waals surface area contributed by atoms with Gasteiger partial charge in [-0.25, -0.2) is 4.52 Å². The monoisotopic (exact) mass is 336 g/mol. The van der Waals surface area contributed by atoms with Crippen LogP contribution in [0.4, 0.5) is 5.95 Å². The summed E-state index contributed by atoms with van der Waals surface area (Å²) in [6.07, 6.45) is 2.89. The van der Waals surface area contributed by atoms with E-state index in [0.717, 1.165) is 16.5 Å².